The quantitative estimate of drug-likeness (QED) is 0.616. The van der Waals surface area contributed by atoms with Gasteiger partial charge in [-0.3, -0.25) is 4.79 Å². The van der Waals surface area contributed by atoms with Crippen LogP contribution in [0.4, 0.5) is 0 Å². The van der Waals surface area contributed by atoms with Crippen LogP contribution in [0, 0.1) is 11.8 Å². The zero-order valence-corrected chi connectivity index (χ0v) is 8.61. The minimum Gasteiger partial charge on any atom is -0.381 e. The zero-order valence-electron chi connectivity index (χ0n) is 8.61. The lowest BCUT2D eigenvalue weighted by atomic mass is 9.93. The van der Waals surface area contributed by atoms with Crippen LogP contribution in [-0.4, -0.2) is 36.6 Å². The van der Waals surface area contributed by atoms with E-state index in [-0.39, 0.29) is 5.91 Å². The predicted molar refractivity (Wildman–Crippen MR) is 53.8 cm³/mol. The summed E-state index contributed by atoms with van der Waals surface area (Å²) in [6.45, 7) is 8.26. The minimum atomic E-state index is 0.0752. The van der Waals surface area contributed by atoms with Gasteiger partial charge in [-0.15, -0.1) is 0 Å². The van der Waals surface area contributed by atoms with Crippen LogP contribution in [0.15, 0.2) is 12.7 Å². The molecular formula is C11H17NO2. The maximum absolute atomic E-state index is 11.6. The summed E-state index contributed by atoms with van der Waals surface area (Å²) in [6.07, 6.45) is 2.54. The molecule has 0 unspecified atom stereocenters. The Labute approximate surface area is 84.7 Å². The number of ether oxygens (including phenoxy) is 1. The molecule has 2 aliphatic rings. The molecule has 0 bridgehead atoms. The summed E-state index contributed by atoms with van der Waals surface area (Å²) in [5.41, 5.74) is 0. The fourth-order valence-electron chi connectivity index (χ4n) is 2.38. The van der Waals surface area contributed by atoms with Crippen molar-refractivity contribution >= 4 is 5.91 Å². The number of carbonyl (C=O) groups is 1. The van der Waals surface area contributed by atoms with Crippen molar-refractivity contribution in [3.63, 3.8) is 0 Å². The summed E-state index contributed by atoms with van der Waals surface area (Å²) in [7, 11) is 0. The van der Waals surface area contributed by atoms with Gasteiger partial charge >= 0.3 is 0 Å². The highest BCUT2D eigenvalue weighted by Gasteiger charge is 2.40. The van der Waals surface area contributed by atoms with Gasteiger partial charge in [0.05, 0.1) is 13.2 Å². The van der Waals surface area contributed by atoms with Crippen molar-refractivity contribution < 1.29 is 9.53 Å². The molecule has 2 saturated heterocycles. The summed E-state index contributed by atoms with van der Waals surface area (Å²) < 4.78 is 5.18. The van der Waals surface area contributed by atoms with Gasteiger partial charge < -0.3 is 9.64 Å². The van der Waals surface area contributed by atoms with Crippen LogP contribution in [0.25, 0.3) is 0 Å². The van der Waals surface area contributed by atoms with Crippen LogP contribution >= 0.6 is 0 Å². The largest absolute Gasteiger partial charge is 0.381 e. The van der Waals surface area contributed by atoms with Crippen LogP contribution < -0.4 is 0 Å². The number of amides is 1. The van der Waals surface area contributed by atoms with E-state index in [2.05, 4.69) is 13.5 Å². The highest BCUT2D eigenvalue weighted by Crippen LogP contribution is 2.31. The van der Waals surface area contributed by atoms with Crippen LogP contribution in [0.3, 0.4) is 0 Å². The van der Waals surface area contributed by atoms with Crippen LogP contribution in [0.1, 0.15) is 13.3 Å². The molecule has 3 heteroatoms. The monoisotopic (exact) mass is 195 g/mol. The van der Waals surface area contributed by atoms with Crippen molar-refractivity contribution in [2.45, 2.75) is 19.4 Å². The van der Waals surface area contributed by atoms with Gasteiger partial charge in [-0.1, -0.05) is 13.5 Å². The molecule has 0 spiro atoms. The van der Waals surface area contributed by atoms with E-state index >= 15 is 0 Å². The normalized spacial score (nSPS) is 32.8. The molecule has 3 nitrogen and oxygen atoms in total. The molecule has 14 heavy (non-hydrogen) atoms. The lowest BCUT2D eigenvalue weighted by molar-refractivity contribution is -0.132. The first-order chi connectivity index (χ1) is 6.72. The molecule has 0 aromatic carbocycles. The van der Waals surface area contributed by atoms with Crippen LogP contribution in [0.5, 0.6) is 0 Å². The second kappa shape index (κ2) is 3.73. The Morgan fingerprint density at radius 2 is 2.29 bits per heavy atom. The van der Waals surface area contributed by atoms with Gasteiger partial charge in [0.2, 0.25) is 5.91 Å². The number of rotatable bonds is 2. The van der Waals surface area contributed by atoms with Gasteiger partial charge in [0, 0.05) is 18.5 Å². The maximum Gasteiger partial charge on any atom is 0.246 e. The van der Waals surface area contributed by atoms with E-state index in [4.69, 9.17) is 4.74 Å². The lowest BCUT2D eigenvalue weighted by Gasteiger charge is -2.36. The van der Waals surface area contributed by atoms with E-state index in [1.165, 1.54) is 6.08 Å². The summed E-state index contributed by atoms with van der Waals surface area (Å²) in [5.74, 6) is 1.25. The molecule has 2 heterocycles. The molecule has 0 aromatic rings. The third-order valence-electron chi connectivity index (χ3n) is 3.22. The number of hydrogen-bond donors (Lipinski definition) is 0. The summed E-state index contributed by atoms with van der Waals surface area (Å²) in [4.78, 5) is 13.5. The van der Waals surface area contributed by atoms with Crippen LogP contribution in [0.2, 0.25) is 0 Å². The van der Waals surface area contributed by atoms with Gasteiger partial charge in [-0.25, -0.2) is 0 Å². The molecular weight excluding hydrogens is 178 g/mol. The van der Waals surface area contributed by atoms with Gasteiger partial charge in [0.25, 0.3) is 0 Å². The van der Waals surface area contributed by atoms with Crippen molar-refractivity contribution in [2.24, 2.45) is 11.8 Å². The molecule has 0 N–H and O–H groups in total. The number of likely N-dealkylation sites (tertiary alicyclic amines) is 1. The van der Waals surface area contributed by atoms with Crippen molar-refractivity contribution in [3.05, 3.63) is 12.7 Å². The molecule has 0 aromatic heterocycles. The Balaban J connectivity index is 2.05. The summed E-state index contributed by atoms with van der Waals surface area (Å²) in [6, 6.07) is 0.393. The standard InChI is InChI=1S/C11H17NO2/c1-3-11(13)12-5-8(2)4-10(12)9-6-14-7-9/h3,8-10H,1,4-7H2,2H3/t8-,10+/m0/s1. The SMILES string of the molecule is C=CC(=O)N1C[C@@H](C)C[C@@H]1C1COC1. The van der Waals surface area contributed by atoms with Gasteiger partial charge in [0.1, 0.15) is 0 Å². The first-order valence-electron chi connectivity index (χ1n) is 5.23. The molecule has 1 amide bonds. The van der Waals surface area contributed by atoms with E-state index in [1.54, 1.807) is 0 Å². The highest BCUT2D eigenvalue weighted by atomic mass is 16.5. The average Bonchev–Trinajstić information content (AvgIpc) is 2.43. The number of nitrogens with zero attached hydrogens (tertiary/aromatic N) is 1. The first kappa shape index (κ1) is 9.71. The second-order valence-corrected chi connectivity index (χ2v) is 4.40. The van der Waals surface area contributed by atoms with E-state index in [0.29, 0.717) is 17.9 Å². The molecule has 0 saturated carbocycles. The fraction of sp³-hybridized carbons (Fsp3) is 0.727. The molecule has 2 atom stereocenters. The Bertz CT molecular complexity index is 248. The lowest BCUT2D eigenvalue weighted by Crippen LogP contribution is -2.46. The average molecular weight is 195 g/mol. The molecule has 0 radical (unpaired) electrons. The van der Waals surface area contributed by atoms with Crippen molar-refractivity contribution in [2.75, 3.05) is 19.8 Å². The number of hydrogen-bond acceptors (Lipinski definition) is 2. The minimum absolute atomic E-state index is 0.0752. The maximum atomic E-state index is 11.6. The Morgan fingerprint density at radius 3 is 2.79 bits per heavy atom. The van der Waals surface area contributed by atoms with E-state index in [0.717, 1.165) is 26.2 Å². The first-order valence-corrected chi connectivity index (χ1v) is 5.23. The van der Waals surface area contributed by atoms with Gasteiger partial charge in [0.15, 0.2) is 0 Å². The Kier molecular flexibility index (Phi) is 2.59. The fourth-order valence-corrected chi connectivity index (χ4v) is 2.38. The molecule has 78 valence electrons. The highest BCUT2D eigenvalue weighted by molar-refractivity contribution is 5.87. The van der Waals surface area contributed by atoms with Crippen molar-refractivity contribution in [1.82, 2.24) is 4.90 Å². The van der Waals surface area contributed by atoms with E-state index in [9.17, 15) is 4.79 Å². The van der Waals surface area contributed by atoms with Gasteiger partial charge in [-0.2, -0.15) is 0 Å². The third kappa shape index (κ3) is 1.57. The van der Waals surface area contributed by atoms with E-state index in [1.807, 2.05) is 4.90 Å². The molecule has 2 aliphatic heterocycles. The zero-order chi connectivity index (χ0) is 10.1. The molecule has 0 aliphatic carbocycles. The third-order valence-corrected chi connectivity index (χ3v) is 3.22. The van der Waals surface area contributed by atoms with Crippen molar-refractivity contribution in [3.8, 4) is 0 Å². The smallest absolute Gasteiger partial charge is 0.246 e. The van der Waals surface area contributed by atoms with Gasteiger partial charge in [-0.05, 0) is 18.4 Å². The Hall–Kier alpha value is -0.830. The summed E-state index contributed by atoms with van der Waals surface area (Å²) >= 11 is 0. The molecule has 2 fully saturated rings. The van der Waals surface area contributed by atoms with E-state index < -0.39 is 0 Å². The predicted octanol–water partition coefficient (Wildman–Crippen LogP) is 1.06. The Morgan fingerprint density at radius 1 is 1.57 bits per heavy atom. The van der Waals surface area contributed by atoms with Crippen molar-refractivity contribution in [1.29, 1.82) is 0 Å². The van der Waals surface area contributed by atoms with Crippen LogP contribution in [-0.2, 0) is 9.53 Å². The summed E-state index contributed by atoms with van der Waals surface area (Å²) in [5, 5.41) is 0. The number of carbonyl (C=O) groups excluding carboxylic acids is 1. The molecule has 2 rings (SSSR count). The second-order valence-electron chi connectivity index (χ2n) is 4.40. The topological polar surface area (TPSA) is 29.5 Å².